The molecule has 0 aromatic carbocycles. The van der Waals surface area contributed by atoms with Gasteiger partial charge < -0.3 is 0 Å². The predicted molar refractivity (Wildman–Crippen MR) is 7.55 cm³/mol. The molecule has 0 aliphatic rings. The molecule has 0 bridgehead atoms. The minimum atomic E-state index is -4.33. The Hall–Kier alpha value is 1.71. The Morgan fingerprint density at radius 3 is 1.80 bits per heavy atom. The zero-order valence-electron chi connectivity index (χ0n) is 2.69. The molecule has 24 valence electrons. The maximum absolute atomic E-state index is 10.1. The summed E-state index contributed by atoms with van der Waals surface area (Å²) in [5.74, 6) is 0. The molecule has 0 aliphatic heterocycles. The maximum atomic E-state index is 10.1. The van der Waals surface area contributed by atoms with Gasteiger partial charge in [0.05, 0.1) is 0 Å². The molecule has 0 heterocycles. The van der Waals surface area contributed by atoms with Crippen molar-refractivity contribution in [3.63, 3.8) is 0 Å². The predicted octanol–water partition coefficient (Wildman–Crippen LogP) is -4.26. The van der Waals surface area contributed by atoms with Gasteiger partial charge in [-0.2, -0.15) is 0 Å². The number of halogens is 1. The third-order valence-electron chi connectivity index (χ3n) is 0. The molecule has 2 nitrogen and oxygen atoms in total. The normalized spacial score (nSPS) is 5.00. The second-order valence-electron chi connectivity index (χ2n) is 0.238. The standard InChI is InChI=1S/FGeO2.K/c1-2(3)4;/q-1;+1. The van der Waals surface area contributed by atoms with Gasteiger partial charge in [-0.25, -0.2) is 0 Å². The summed E-state index contributed by atoms with van der Waals surface area (Å²) in [4.78, 5) is 0. The van der Waals surface area contributed by atoms with E-state index < -0.39 is 15.1 Å². The van der Waals surface area contributed by atoms with Gasteiger partial charge in [-0.1, -0.05) is 0 Å². The molecule has 0 atom stereocenters. The fourth-order valence-corrected chi connectivity index (χ4v) is 0. The Morgan fingerprint density at radius 2 is 1.80 bits per heavy atom. The molecule has 0 spiro atoms. The molecule has 0 aromatic rings. The minimum absolute atomic E-state index is 0. The van der Waals surface area contributed by atoms with E-state index >= 15 is 0 Å². The summed E-state index contributed by atoms with van der Waals surface area (Å²) >= 11 is -4.33. The molecule has 5 heteroatoms. The van der Waals surface area contributed by atoms with Crippen LogP contribution in [0.5, 0.6) is 0 Å². The van der Waals surface area contributed by atoms with Gasteiger partial charge >= 0.3 is 77.9 Å². The summed E-state index contributed by atoms with van der Waals surface area (Å²) in [7, 11) is 0. The van der Waals surface area contributed by atoms with E-state index in [0.717, 1.165) is 0 Å². The fourth-order valence-electron chi connectivity index (χ4n) is 0. The van der Waals surface area contributed by atoms with Crippen molar-refractivity contribution in [2.24, 2.45) is 0 Å². The van der Waals surface area contributed by atoms with Gasteiger partial charge in [-0.3, -0.25) is 0 Å². The first-order chi connectivity index (χ1) is 1.73. The van der Waals surface area contributed by atoms with Gasteiger partial charge in [0.1, 0.15) is 0 Å². The third kappa shape index (κ3) is 26.9. The molecule has 0 aromatic heterocycles. The molecule has 0 radical (unpaired) electrons. The van der Waals surface area contributed by atoms with Gasteiger partial charge in [0.2, 0.25) is 0 Å². The monoisotopic (exact) mass is 164 g/mol. The van der Waals surface area contributed by atoms with Crippen molar-refractivity contribution in [3.05, 3.63) is 0 Å². The van der Waals surface area contributed by atoms with E-state index in [1.54, 1.807) is 0 Å². The van der Waals surface area contributed by atoms with Crippen molar-refractivity contribution in [2.45, 2.75) is 0 Å². The van der Waals surface area contributed by atoms with Crippen LogP contribution < -0.4 is 55.5 Å². The molecular weight excluding hydrogens is 163 g/mol. The molecule has 0 unspecified atom stereocenters. The first-order valence-corrected chi connectivity index (χ1v) is 3.10. The van der Waals surface area contributed by atoms with Crippen molar-refractivity contribution in [1.82, 2.24) is 0 Å². The van der Waals surface area contributed by atoms with Crippen LogP contribution in [0.1, 0.15) is 0 Å². The molecule has 0 aliphatic carbocycles. The summed E-state index contributed by atoms with van der Waals surface area (Å²) in [6.07, 6.45) is 0. The first kappa shape index (κ1) is 9.86. The van der Waals surface area contributed by atoms with Crippen molar-refractivity contribution in [3.8, 4) is 0 Å². The van der Waals surface area contributed by atoms with Gasteiger partial charge in [-0.15, -0.1) is 0 Å². The summed E-state index contributed by atoms with van der Waals surface area (Å²) in [6.45, 7) is 0. The average molecular weight is 163 g/mol. The van der Waals surface area contributed by atoms with Crippen LogP contribution in [0.2, 0.25) is 0 Å². The van der Waals surface area contributed by atoms with E-state index in [-0.39, 0.29) is 51.4 Å². The zero-order valence-corrected chi connectivity index (χ0v) is 7.92. The fraction of sp³-hybridized carbons (Fsp3) is 0. The van der Waals surface area contributed by atoms with E-state index in [1.165, 1.54) is 0 Å². The number of hydrogen-bond acceptors (Lipinski definition) is 2. The molecule has 0 N–H and O–H groups in total. The van der Waals surface area contributed by atoms with Crippen molar-refractivity contribution in [2.75, 3.05) is 0 Å². The Labute approximate surface area is 76.3 Å². The second kappa shape index (κ2) is 5.71. The van der Waals surface area contributed by atoms with Gasteiger partial charge in [0, 0.05) is 0 Å². The van der Waals surface area contributed by atoms with Crippen LogP contribution in [0.15, 0.2) is 0 Å². The summed E-state index contributed by atoms with van der Waals surface area (Å²) in [6, 6.07) is 0. The summed E-state index contributed by atoms with van der Waals surface area (Å²) in [5, 5.41) is 0. The van der Waals surface area contributed by atoms with Crippen LogP contribution >= 0.6 is 0 Å². The molecule has 5 heavy (non-hydrogen) atoms. The van der Waals surface area contributed by atoms with Crippen LogP contribution in [0.3, 0.4) is 0 Å². The van der Waals surface area contributed by atoms with Gasteiger partial charge in [-0.05, 0) is 0 Å². The van der Waals surface area contributed by atoms with E-state index in [9.17, 15) is 3.50 Å². The summed E-state index contributed by atoms with van der Waals surface area (Å²) in [5.41, 5.74) is 0. The molecule has 0 amide bonds. The Kier molecular flexibility index (Phi) is 11.3. The average Bonchev–Trinajstić information content (AvgIpc) is 0.811. The van der Waals surface area contributed by atoms with Crippen LogP contribution in [0, 0.1) is 0 Å². The quantitative estimate of drug-likeness (QED) is 0.339. The molecular formula is FGeKO2. The van der Waals surface area contributed by atoms with Crippen molar-refractivity contribution < 1.29 is 62.8 Å². The molecule has 0 rings (SSSR count). The number of rotatable bonds is 0. The molecule has 0 saturated heterocycles. The Balaban J connectivity index is 0. The van der Waals surface area contributed by atoms with E-state index in [1.807, 2.05) is 0 Å². The summed E-state index contributed by atoms with van der Waals surface area (Å²) < 4.78 is 27.0. The van der Waals surface area contributed by atoms with Gasteiger partial charge in [0.15, 0.2) is 0 Å². The Morgan fingerprint density at radius 1 is 1.80 bits per heavy atom. The van der Waals surface area contributed by atoms with Crippen LogP contribution in [0.4, 0.5) is 3.50 Å². The zero-order chi connectivity index (χ0) is 3.58. The SMILES string of the molecule is [K+].[O]=[Ge]([O-])[F]. The number of hydrogen-bond donors (Lipinski definition) is 0. The van der Waals surface area contributed by atoms with Crippen LogP contribution in [-0.4, -0.2) is 15.1 Å². The van der Waals surface area contributed by atoms with Gasteiger partial charge in [0.25, 0.3) is 0 Å². The molecule has 0 saturated carbocycles. The van der Waals surface area contributed by atoms with Crippen molar-refractivity contribution in [1.29, 1.82) is 0 Å². The second-order valence-corrected chi connectivity index (χ2v) is 1.23. The van der Waals surface area contributed by atoms with Crippen LogP contribution in [-0.2, 0) is 3.78 Å². The third-order valence-corrected chi connectivity index (χ3v) is 0. The van der Waals surface area contributed by atoms with E-state index in [2.05, 4.69) is 0 Å². The van der Waals surface area contributed by atoms with Crippen molar-refractivity contribution >= 4 is 15.1 Å². The Bertz CT molecular complexity index is 32.6. The first-order valence-electron chi connectivity index (χ1n) is 0.597. The topological polar surface area (TPSA) is 40.1 Å². The van der Waals surface area contributed by atoms with E-state index in [4.69, 9.17) is 7.91 Å². The van der Waals surface area contributed by atoms with Crippen LogP contribution in [0.25, 0.3) is 0 Å². The van der Waals surface area contributed by atoms with E-state index in [0.29, 0.717) is 0 Å². The molecule has 0 fully saturated rings.